The molecule has 4 aromatic rings. The number of ether oxygens (including phenoxy) is 1. The van der Waals surface area contributed by atoms with Gasteiger partial charge in [0.15, 0.2) is 0 Å². The molecule has 0 N–H and O–H groups in total. The van der Waals surface area contributed by atoms with E-state index in [4.69, 9.17) is 4.74 Å². The van der Waals surface area contributed by atoms with E-state index in [1.165, 1.54) is 5.56 Å². The maximum atomic E-state index is 12.4. The van der Waals surface area contributed by atoms with E-state index < -0.39 is 0 Å². The Balaban J connectivity index is 1.61. The summed E-state index contributed by atoms with van der Waals surface area (Å²) in [4.78, 5) is 12.4. The Morgan fingerprint density at radius 2 is 1.38 bits per heavy atom. The van der Waals surface area contributed by atoms with E-state index in [9.17, 15) is 4.79 Å². The maximum Gasteiger partial charge on any atom is 0.343 e. The van der Waals surface area contributed by atoms with Crippen molar-refractivity contribution in [1.82, 2.24) is 0 Å². The number of carbonyl (C=O) groups is 1. The molecule has 0 aliphatic rings. The molecular weight excluding hydrogens is 320 g/mol. The van der Waals surface area contributed by atoms with Crippen molar-refractivity contribution in [1.29, 1.82) is 0 Å². The second-order valence-corrected chi connectivity index (χ2v) is 6.35. The maximum absolute atomic E-state index is 12.4. The van der Waals surface area contributed by atoms with Gasteiger partial charge in [0.1, 0.15) is 5.75 Å². The zero-order valence-electron chi connectivity index (χ0n) is 14.5. The molecule has 0 unspecified atom stereocenters. The van der Waals surface area contributed by atoms with Gasteiger partial charge in [-0.3, -0.25) is 0 Å². The standard InChI is InChI=1S/C24H18O2/c1-17-7-13-23(14-8-17)26-24(25)22-12-11-20-15-19(9-10-21(20)16-22)18-5-3-2-4-6-18/h2-16H,1H3. The van der Waals surface area contributed by atoms with Gasteiger partial charge in [0.05, 0.1) is 5.56 Å². The number of hydrogen-bond acceptors (Lipinski definition) is 2. The normalized spacial score (nSPS) is 10.7. The molecule has 126 valence electrons. The van der Waals surface area contributed by atoms with Crippen LogP contribution in [-0.2, 0) is 0 Å². The molecule has 4 aromatic carbocycles. The molecule has 0 aromatic heterocycles. The van der Waals surface area contributed by atoms with E-state index in [0.29, 0.717) is 11.3 Å². The first kappa shape index (κ1) is 16.1. The van der Waals surface area contributed by atoms with Crippen LogP contribution in [0.1, 0.15) is 15.9 Å². The van der Waals surface area contributed by atoms with E-state index in [2.05, 4.69) is 24.3 Å². The Morgan fingerprint density at radius 3 is 2.15 bits per heavy atom. The highest BCUT2D eigenvalue weighted by atomic mass is 16.5. The molecule has 0 radical (unpaired) electrons. The highest BCUT2D eigenvalue weighted by Crippen LogP contribution is 2.25. The summed E-state index contributed by atoms with van der Waals surface area (Å²) in [6, 6.07) is 29.6. The fraction of sp³-hybridized carbons (Fsp3) is 0.0417. The van der Waals surface area contributed by atoms with Gasteiger partial charge < -0.3 is 4.74 Å². The predicted octanol–water partition coefficient (Wildman–Crippen LogP) is 6.03. The van der Waals surface area contributed by atoms with E-state index in [0.717, 1.165) is 21.9 Å². The minimum absolute atomic E-state index is 0.345. The van der Waals surface area contributed by atoms with Crippen molar-refractivity contribution in [2.45, 2.75) is 6.92 Å². The number of fused-ring (bicyclic) bond motifs is 1. The Morgan fingerprint density at radius 1 is 0.692 bits per heavy atom. The van der Waals surface area contributed by atoms with Gasteiger partial charge in [-0.2, -0.15) is 0 Å². The molecule has 0 aliphatic carbocycles. The van der Waals surface area contributed by atoms with Crippen molar-refractivity contribution < 1.29 is 9.53 Å². The van der Waals surface area contributed by atoms with Gasteiger partial charge in [-0.1, -0.05) is 66.2 Å². The first-order valence-electron chi connectivity index (χ1n) is 8.57. The van der Waals surface area contributed by atoms with Gasteiger partial charge in [0, 0.05) is 0 Å². The molecule has 0 heterocycles. The molecule has 0 bridgehead atoms. The molecule has 0 spiro atoms. The summed E-state index contributed by atoms with van der Waals surface area (Å²) >= 11 is 0. The van der Waals surface area contributed by atoms with Gasteiger partial charge in [-0.05, 0) is 59.2 Å². The highest BCUT2D eigenvalue weighted by Gasteiger charge is 2.10. The van der Waals surface area contributed by atoms with Crippen LogP contribution in [0.15, 0.2) is 91.0 Å². The molecule has 0 atom stereocenters. The Labute approximate surface area is 152 Å². The van der Waals surface area contributed by atoms with Crippen LogP contribution in [0.2, 0.25) is 0 Å². The van der Waals surface area contributed by atoms with Crippen molar-refractivity contribution >= 4 is 16.7 Å². The van der Waals surface area contributed by atoms with Crippen molar-refractivity contribution in [2.75, 3.05) is 0 Å². The number of hydrogen-bond donors (Lipinski definition) is 0. The number of benzene rings is 4. The van der Waals surface area contributed by atoms with Crippen LogP contribution < -0.4 is 4.74 Å². The summed E-state index contributed by atoms with van der Waals surface area (Å²) in [5, 5.41) is 2.11. The lowest BCUT2D eigenvalue weighted by molar-refractivity contribution is 0.0735. The van der Waals surface area contributed by atoms with Crippen LogP contribution >= 0.6 is 0 Å². The average Bonchev–Trinajstić information content (AvgIpc) is 2.69. The lowest BCUT2D eigenvalue weighted by Crippen LogP contribution is -2.08. The van der Waals surface area contributed by atoms with Gasteiger partial charge in [0.2, 0.25) is 0 Å². The smallest absolute Gasteiger partial charge is 0.343 e. The predicted molar refractivity (Wildman–Crippen MR) is 106 cm³/mol. The van der Waals surface area contributed by atoms with E-state index in [1.54, 1.807) is 12.1 Å². The lowest BCUT2D eigenvalue weighted by Gasteiger charge is -2.07. The van der Waals surface area contributed by atoms with Gasteiger partial charge >= 0.3 is 5.97 Å². The van der Waals surface area contributed by atoms with E-state index >= 15 is 0 Å². The van der Waals surface area contributed by atoms with Crippen LogP contribution in [0.3, 0.4) is 0 Å². The summed E-state index contributed by atoms with van der Waals surface area (Å²) in [7, 11) is 0. The first-order chi connectivity index (χ1) is 12.7. The lowest BCUT2D eigenvalue weighted by atomic mass is 10.00. The molecule has 2 nitrogen and oxygen atoms in total. The third-order valence-corrected chi connectivity index (χ3v) is 4.41. The number of rotatable bonds is 3. The monoisotopic (exact) mass is 338 g/mol. The fourth-order valence-electron chi connectivity index (χ4n) is 2.96. The largest absolute Gasteiger partial charge is 0.423 e. The van der Waals surface area contributed by atoms with Gasteiger partial charge in [0.25, 0.3) is 0 Å². The Kier molecular flexibility index (Phi) is 4.24. The minimum atomic E-state index is -0.345. The summed E-state index contributed by atoms with van der Waals surface area (Å²) in [5.41, 5.74) is 4.01. The molecule has 26 heavy (non-hydrogen) atoms. The van der Waals surface area contributed by atoms with E-state index in [1.807, 2.05) is 61.5 Å². The van der Waals surface area contributed by atoms with Crippen LogP contribution in [0, 0.1) is 6.92 Å². The van der Waals surface area contributed by atoms with Crippen LogP contribution in [-0.4, -0.2) is 5.97 Å². The SMILES string of the molecule is Cc1ccc(OC(=O)c2ccc3cc(-c4ccccc4)ccc3c2)cc1. The third-order valence-electron chi connectivity index (χ3n) is 4.41. The fourth-order valence-corrected chi connectivity index (χ4v) is 2.96. The molecule has 0 saturated heterocycles. The highest BCUT2D eigenvalue weighted by molar-refractivity contribution is 5.97. The summed E-state index contributed by atoms with van der Waals surface area (Å²) < 4.78 is 5.46. The van der Waals surface area contributed by atoms with Gasteiger partial charge in [-0.15, -0.1) is 0 Å². The topological polar surface area (TPSA) is 26.3 Å². The summed E-state index contributed by atoms with van der Waals surface area (Å²) in [6.07, 6.45) is 0. The molecule has 0 fully saturated rings. The van der Waals surface area contributed by atoms with E-state index in [-0.39, 0.29) is 5.97 Å². The zero-order chi connectivity index (χ0) is 17.9. The van der Waals surface area contributed by atoms with Crippen LogP contribution in [0.5, 0.6) is 5.75 Å². The van der Waals surface area contributed by atoms with Crippen molar-refractivity contribution in [3.05, 3.63) is 102 Å². The summed E-state index contributed by atoms with van der Waals surface area (Å²) in [6.45, 7) is 2.00. The summed E-state index contributed by atoms with van der Waals surface area (Å²) in [5.74, 6) is 0.211. The van der Waals surface area contributed by atoms with Crippen molar-refractivity contribution in [2.24, 2.45) is 0 Å². The first-order valence-corrected chi connectivity index (χ1v) is 8.57. The minimum Gasteiger partial charge on any atom is -0.423 e. The van der Waals surface area contributed by atoms with Gasteiger partial charge in [-0.25, -0.2) is 4.79 Å². The Hall–Kier alpha value is -3.39. The zero-order valence-corrected chi connectivity index (χ0v) is 14.5. The quantitative estimate of drug-likeness (QED) is 0.336. The number of esters is 1. The number of carbonyl (C=O) groups excluding carboxylic acids is 1. The molecule has 4 rings (SSSR count). The molecule has 2 heteroatoms. The Bertz CT molecular complexity index is 1060. The molecule has 0 aliphatic heterocycles. The molecular formula is C24H18O2. The van der Waals surface area contributed by atoms with Crippen molar-refractivity contribution in [3.8, 4) is 16.9 Å². The third kappa shape index (κ3) is 3.35. The molecule has 0 saturated carbocycles. The molecule has 0 amide bonds. The van der Waals surface area contributed by atoms with Crippen molar-refractivity contribution in [3.63, 3.8) is 0 Å². The van der Waals surface area contributed by atoms with Crippen LogP contribution in [0.4, 0.5) is 0 Å². The second-order valence-electron chi connectivity index (χ2n) is 6.35. The average molecular weight is 338 g/mol. The van der Waals surface area contributed by atoms with Crippen LogP contribution in [0.25, 0.3) is 21.9 Å². The second kappa shape index (κ2) is 6.85. The number of aryl methyl sites for hydroxylation is 1.